The molecule has 0 aliphatic heterocycles. The van der Waals surface area contributed by atoms with E-state index in [4.69, 9.17) is 5.73 Å². The van der Waals surface area contributed by atoms with Crippen LogP contribution in [-0.2, 0) is 6.42 Å². The van der Waals surface area contributed by atoms with Gasteiger partial charge in [0.1, 0.15) is 5.82 Å². The summed E-state index contributed by atoms with van der Waals surface area (Å²) >= 11 is 0. The van der Waals surface area contributed by atoms with Crippen molar-refractivity contribution in [3.8, 4) is 5.95 Å². The van der Waals surface area contributed by atoms with Crippen molar-refractivity contribution in [2.45, 2.75) is 20.3 Å². The second-order valence-corrected chi connectivity index (χ2v) is 6.27. The van der Waals surface area contributed by atoms with Gasteiger partial charge in [0.25, 0.3) is 0 Å². The molecule has 6 nitrogen and oxygen atoms in total. The number of nitrogen functional groups attached to an aromatic ring is 1. The van der Waals surface area contributed by atoms with Crippen molar-refractivity contribution in [2.75, 3.05) is 11.1 Å². The third-order valence-electron chi connectivity index (χ3n) is 4.33. The van der Waals surface area contributed by atoms with Gasteiger partial charge in [-0.05, 0) is 31.2 Å². The largest absolute Gasteiger partial charge is 0.381 e. The number of hydrogen-bond acceptors (Lipinski definition) is 5. The summed E-state index contributed by atoms with van der Waals surface area (Å²) in [5.74, 6) is 0.204. The Kier molecular flexibility index (Phi) is 4.19. The molecule has 4 aromatic rings. The highest BCUT2D eigenvalue weighted by Gasteiger charge is 2.18. The minimum atomic E-state index is -0.679. The van der Waals surface area contributed by atoms with E-state index in [9.17, 15) is 4.39 Å². The maximum absolute atomic E-state index is 14.5. The van der Waals surface area contributed by atoms with Crippen molar-refractivity contribution in [3.05, 3.63) is 65.7 Å². The van der Waals surface area contributed by atoms with Crippen LogP contribution in [0.2, 0.25) is 0 Å². The molecule has 136 valence electrons. The molecule has 0 amide bonds. The third-order valence-corrected chi connectivity index (χ3v) is 4.33. The van der Waals surface area contributed by atoms with Crippen molar-refractivity contribution in [1.82, 2.24) is 19.5 Å². The molecule has 0 aliphatic carbocycles. The van der Waals surface area contributed by atoms with E-state index in [-0.39, 0.29) is 17.6 Å². The number of aromatic nitrogens is 4. The Hall–Kier alpha value is -3.48. The summed E-state index contributed by atoms with van der Waals surface area (Å²) in [5, 5.41) is 2.99. The van der Waals surface area contributed by atoms with E-state index in [1.165, 1.54) is 0 Å². The Balaban J connectivity index is 1.85. The van der Waals surface area contributed by atoms with Crippen molar-refractivity contribution < 1.29 is 4.39 Å². The lowest BCUT2D eigenvalue weighted by atomic mass is 10.2. The van der Waals surface area contributed by atoms with Gasteiger partial charge in [0, 0.05) is 12.1 Å². The predicted octanol–water partition coefficient (Wildman–Crippen LogP) is 4.15. The Morgan fingerprint density at radius 2 is 1.78 bits per heavy atom. The monoisotopic (exact) mass is 362 g/mol. The van der Waals surface area contributed by atoms with Crippen LogP contribution in [0.5, 0.6) is 0 Å². The number of benzene rings is 2. The van der Waals surface area contributed by atoms with Gasteiger partial charge in [0.2, 0.25) is 11.8 Å². The highest BCUT2D eigenvalue weighted by Crippen LogP contribution is 2.25. The summed E-state index contributed by atoms with van der Waals surface area (Å²) in [5.41, 5.74) is 9.35. The average molecular weight is 362 g/mol. The number of aryl methyl sites for hydroxylation is 2. The zero-order valence-corrected chi connectivity index (χ0v) is 15.1. The zero-order chi connectivity index (χ0) is 19.0. The van der Waals surface area contributed by atoms with Crippen molar-refractivity contribution in [2.24, 2.45) is 0 Å². The minimum absolute atomic E-state index is 0.0289. The fourth-order valence-corrected chi connectivity index (χ4v) is 2.94. The number of nitrogens with zero attached hydrogens (tertiary/aromatic N) is 4. The molecule has 7 heteroatoms. The van der Waals surface area contributed by atoms with Crippen LogP contribution in [0.3, 0.4) is 0 Å². The Labute approximate surface area is 155 Å². The number of nitrogens with one attached hydrogen (secondary N) is 1. The molecule has 0 bridgehead atoms. The van der Waals surface area contributed by atoms with Crippen LogP contribution in [0.4, 0.5) is 21.7 Å². The number of rotatable bonds is 4. The van der Waals surface area contributed by atoms with Gasteiger partial charge in [0.05, 0.1) is 11.0 Å². The van der Waals surface area contributed by atoms with E-state index in [2.05, 4.69) is 20.3 Å². The van der Waals surface area contributed by atoms with Crippen LogP contribution < -0.4 is 11.1 Å². The van der Waals surface area contributed by atoms with Crippen LogP contribution in [0.15, 0.2) is 48.5 Å². The maximum Gasteiger partial charge on any atom is 0.239 e. The molecule has 3 N–H and O–H groups in total. The summed E-state index contributed by atoms with van der Waals surface area (Å²) in [7, 11) is 0. The first kappa shape index (κ1) is 17.0. The van der Waals surface area contributed by atoms with Gasteiger partial charge in [-0.3, -0.25) is 4.57 Å². The molecule has 2 aromatic heterocycles. The number of hydrogen-bond donors (Lipinski definition) is 2. The molecule has 0 fully saturated rings. The van der Waals surface area contributed by atoms with E-state index in [1.54, 1.807) is 0 Å². The van der Waals surface area contributed by atoms with E-state index < -0.39 is 5.82 Å². The second kappa shape index (κ2) is 6.68. The molecule has 4 rings (SSSR count). The molecule has 0 saturated carbocycles. The molecule has 0 aliphatic rings. The fourth-order valence-electron chi connectivity index (χ4n) is 2.94. The number of fused-ring (bicyclic) bond motifs is 1. The standard InChI is InChI=1S/C20H19FN6/c1-3-16-24-14-6-4-5-7-15(14)27(16)20-25-18(22)17(21)19(26-20)23-13-10-8-12(2)9-11-13/h4-11H,3H2,1-2H3,(H3,22,23,25,26). The predicted molar refractivity (Wildman–Crippen MR) is 105 cm³/mol. The Bertz CT molecular complexity index is 1120. The molecule has 2 heterocycles. The topological polar surface area (TPSA) is 81.7 Å². The lowest BCUT2D eigenvalue weighted by Gasteiger charge is -2.12. The second-order valence-electron chi connectivity index (χ2n) is 6.27. The SMILES string of the molecule is CCc1nc2ccccc2n1-c1nc(N)c(F)c(Nc2ccc(C)cc2)n1. The smallest absolute Gasteiger partial charge is 0.239 e. The average Bonchev–Trinajstić information content (AvgIpc) is 3.05. The quantitative estimate of drug-likeness (QED) is 0.570. The van der Waals surface area contributed by atoms with Crippen LogP contribution in [-0.4, -0.2) is 19.5 Å². The summed E-state index contributed by atoms with van der Waals surface area (Å²) < 4.78 is 16.4. The lowest BCUT2D eigenvalue weighted by Crippen LogP contribution is -2.11. The number of anilines is 3. The maximum atomic E-state index is 14.5. The van der Waals surface area contributed by atoms with E-state index in [0.717, 1.165) is 28.1 Å². The van der Waals surface area contributed by atoms with Gasteiger partial charge in [-0.25, -0.2) is 4.98 Å². The molecule has 0 radical (unpaired) electrons. The van der Waals surface area contributed by atoms with Crippen LogP contribution in [0.1, 0.15) is 18.3 Å². The van der Waals surface area contributed by atoms with Gasteiger partial charge in [0.15, 0.2) is 11.6 Å². The van der Waals surface area contributed by atoms with Gasteiger partial charge < -0.3 is 11.1 Å². The highest BCUT2D eigenvalue weighted by molar-refractivity contribution is 5.77. The molecule has 0 unspecified atom stereocenters. The van der Waals surface area contributed by atoms with Gasteiger partial charge in [-0.15, -0.1) is 0 Å². The first-order valence-electron chi connectivity index (χ1n) is 8.70. The van der Waals surface area contributed by atoms with E-state index >= 15 is 0 Å². The first-order chi connectivity index (χ1) is 13.1. The normalized spacial score (nSPS) is 11.1. The summed E-state index contributed by atoms with van der Waals surface area (Å²) in [6.07, 6.45) is 0.677. The van der Waals surface area contributed by atoms with E-state index in [1.807, 2.05) is 66.9 Å². The van der Waals surface area contributed by atoms with Crippen LogP contribution >= 0.6 is 0 Å². The zero-order valence-electron chi connectivity index (χ0n) is 15.1. The number of imidazole rings is 1. The molecule has 0 saturated heterocycles. The first-order valence-corrected chi connectivity index (χ1v) is 8.70. The number of halogens is 1. The Morgan fingerprint density at radius 1 is 1.04 bits per heavy atom. The summed E-state index contributed by atoms with van der Waals surface area (Å²) in [4.78, 5) is 13.2. The lowest BCUT2D eigenvalue weighted by molar-refractivity contribution is 0.622. The van der Waals surface area contributed by atoms with Gasteiger partial charge in [-0.1, -0.05) is 36.8 Å². The Morgan fingerprint density at radius 3 is 2.52 bits per heavy atom. The minimum Gasteiger partial charge on any atom is -0.381 e. The van der Waals surface area contributed by atoms with Crippen LogP contribution in [0, 0.1) is 12.7 Å². The van der Waals surface area contributed by atoms with Crippen molar-refractivity contribution in [3.63, 3.8) is 0 Å². The van der Waals surface area contributed by atoms with Crippen LogP contribution in [0.25, 0.3) is 17.0 Å². The molecule has 0 spiro atoms. The van der Waals surface area contributed by atoms with Crippen molar-refractivity contribution >= 4 is 28.4 Å². The number of nitrogens with two attached hydrogens (primary N) is 1. The molecular formula is C20H19FN6. The van der Waals surface area contributed by atoms with Gasteiger partial charge >= 0.3 is 0 Å². The summed E-state index contributed by atoms with van der Waals surface area (Å²) in [6.45, 7) is 3.98. The highest BCUT2D eigenvalue weighted by atomic mass is 19.1. The molecule has 0 atom stereocenters. The number of para-hydroxylation sites is 2. The van der Waals surface area contributed by atoms with Gasteiger partial charge in [-0.2, -0.15) is 14.4 Å². The summed E-state index contributed by atoms with van der Waals surface area (Å²) in [6, 6.07) is 15.3. The molecule has 27 heavy (non-hydrogen) atoms. The van der Waals surface area contributed by atoms with Crippen molar-refractivity contribution in [1.29, 1.82) is 0 Å². The fraction of sp³-hybridized carbons (Fsp3) is 0.150. The van der Waals surface area contributed by atoms with E-state index in [0.29, 0.717) is 6.42 Å². The third kappa shape index (κ3) is 3.08. The molecule has 2 aromatic carbocycles. The molecular weight excluding hydrogens is 343 g/mol.